The molecule has 0 spiro atoms. The van der Waals surface area contributed by atoms with E-state index in [-0.39, 0.29) is 6.61 Å². The van der Waals surface area contributed by atoms with E-state index < -0.39 is 37.3 Å². The van der Waals surface area contributed by atoms with Gasteiger partial charge >= 0.3 is 0 Å². The summed E-state index contributed by atoms with van der Waals surface area (Å²) in [7, 11) is 0. The van der Waals surface area contributed by atoms with Crippen molar-refractivity contribution in [1.82, 2.24) is 0 Å². The molecule has 1 aliphatic heterocycles. The van der Waals surface area contributed by atoms with Crippen molar-refractivity contribution in [3.05, 3.63) is 0 Å². The highest BCUT2D eigenvalue weighted by atomic mass is 16.7. The molecule has 0 radical (unpaired) electrons. The SMILES string of the molecule is N#CCO[C@H]1O[C@@H](CO)[C@@H](O)[C@@H](O)[C@H]1O. The Hall–Kier alpha value is -0.750. The van der Waals surface area contributed by atoms with Crippen LogP contribution >= 0.6 is 0 Å². The third-order valence-corrected chi connectivity index (χ3v) is 2.16. The van der Waals surface area contributed by atoms with E-state index in [1.54, 1.807) is 6.07 Å². The summed E-state index contributed by atoms with van der Waals surface area (Å²) in [6.45, 7) is -0.833. The number of aliphatic hydroxyl groups excluding tert-OH is 4. The monoisotopic (exact) mass is 219 g/mol. The predicted molar refractivity (Wildman–Crippen MR) is 45.3 cm³/mol. The van der Waals surface area contributed by atoms with E-state index in [2.05, 4.69) is 0 Å². The maximum atomic E-state index is 9.40. The number of aliphatic hydroxyl groups is 4. The number of rotatable bonds is 3. The van der Waals surface area contributed by atoms with Gasteiger partial charge in [-0.3, -0.25) is 0 Å². The fourth-order valence-corrected chi connectivity index (χ4v) is 1.32. The molecule has 15 heavy (non-hydrogen) atoms. The molecule has 0 amide bonds. The minimum absolute atomic E-state index is 0.317. The minimum Gasteiger partial charge on any atom is -0.394 e. The molecule has 7 heteroatoms. The lowest BCUT2D eigenvalue weighted by Gasteiger charge is -2.39. The highest BCUT2D eigenvalue weighted by Gasteiger charge is 2.43. The second-order valence-corrected chi connectivity index (χ2v) is 3.17. The fraction of sp³-hybridized carbons (Fsp3) is 0.875. The molecule has 0 aliphatic carbocycles. The van der Waals surface area contributed by atoms with E-state index in [1.807, 2.05) is 0 Å². The van der Waals surface area contributed by atoms with E-state index in [0.29, 0.717) is 0 Å². The normalized spacial score (nSPS) is 41.1. The molecular weight excluding hydrogens is 206 g/mol. The molecule has 0 saturated carbocycles. The highest BCUT2D eigenvalue weighted by Crippen LogP contribution is 2.21. The maximum Gasteiger partial charge on any atom is 0.187 e. The first-order valence-electron chi connectivity index (χ1n) is 4.41. The lowest BCUT2D eigenvalue weighted by Crippen LogP contribution is -2.59. The number of ether oxygens (including phenoxy) is 2. The van der Waals surface area contributed by atoms with Crippen LogP contribution in [0.2, 0.25) is 0 Å². The summed E-state index contributed by atoms with van der Waals surface area (Å²) < 4.78 is 9.73. The standard InChI is InChI=1S/C8H13NO6/c9-1-2-14-8-7(13)6(12)5(11)4(3-10)15-8/h4-8,10-13H,2-3H2/t4-,5+,6+,7+,8-/m0/s1. The maximum absolute atomic E-state index is 9.40. The van der Waals surface area contributed by atoms with Crippen LogP contribution in [0.4, 0.5) is 0 Å². The minimum atomic E-state index is -1.47. The second-order valence-electron chi connectivity index (χ2n) is 3.17. The summed E-state index contributed by atoms with van der Waals surface area (Å²) in [6, 6.07) is 1.67. The van der Waals surface area contributed by atoms with E-state index in [9.17, 15) is 15.3 Å². The van der Waals surface area contributed by atoms with Crippen molar-refractivity contribution in [3.8, 4) is 6.07 Å². The molecule has 1 heterocycles. The number of hydrogen-bond acceptors (Lipinski definition) is 7. The summed E-state index contributed by atoms with van der Waals surface area (Å²) in [5, 5.41) is 45.2. The van der Waals surface area contributed by atoms with Crippen molar-refractivity contribution in [1.29, 1.82) is 5.26 Å². The van der Waals surface area contributed by atoms with Gasteiger partial charge in [-0.2, -0.15) is 5.26 Å². The van der Waals surface area contributed by atoms with Crippen LogP contribution in [0.1, 0.15) is 0 Å². The van der Waals surface area contributed by atoms with Crippen LogP contribution in [0.5, 0.6) is 0 Å². The Labute approximate surface area is 86.1 Å². The van der Waals surface area contributed by atoms with Crippen molar-refractivity contribution in [3.63, 3.8) is 0 Å². The molecule has 0 unspecified atom stereocenters. The van der Waals surface area contributed by atoms with Gasteiger partial charge in [0.2, 0.25) is 0 Å². The predicted octanol–water partition coefficient (Wildman–Crippen LogP) is -2.67. The van der Waals surface area contributed by atoms with Crippen LogP contribution in [0.15, 0.2) is 0 Å². The van der Waals surface area contributed by atoms with Gasteiger partial charge < -0.3 is 29.9 Å². The zero-order valence-electron chi connectivity index (χ0n) is 7.85. The third-order valence-electron chi connectivity index (χ3n) is 2.16. The van der Waals surface area contributed by atoms with Gasteiger partial charge in [-0.1, -0.05) is 0 Å². The van der Waals surface area contributed by atoms with Crippen molar-refractivity contribution in [2.75, 3.05) is 13.2 Å². The van der Waals surface area contributed by atoms with Crippen molar-refractivity contribution in [2.24, 2.45) is 0 Å². The molecule has 0 aromatic rings. The van der Waals surface area contributed by atoms with Gasteiger partial charge in [-0.25, -0.2) is 0 Å². The van der Waals surface area contributed by atoms with E-state index in [4.69, 9.17) is 19.8 Å². The summed E-state index contributed by atoms with van der Waals surface area (Å²) in [6.07, 6.45) is -6.56. The van der Waals surface area contributed by atoms with Crippen LogP contribution in [-0.2, 0) is 9.47 Å². The van der Waals surface area contributed by atoms with E-state index >= 15 is 0 Å². The Morgan fingerprint density at radius 1 is 1.20 bits per heavy atom. The Bertz CT molecular complexity index is 240. The highest BCUT2D eigenvalue weighted by molar-refractivity contribution is 4.89. The van der Waals surface area contributed by atoms with Crippen LogP contribution in [0.25, 0.3) is 0 Å². The van der Waals surface area contributed by atoms with E-state index in [1.165, 1.54) is 0 Å². The van der Waals surface area contributed by atoms with Gasteiger partial charge in [-0.15, -0.1) is 0 Å². The molecule has 1 rings (SSSR count). The lowest BCUT2D eigenvalue weighted by molar-refractivity contribution is -0.298. The van der Waals surface area contributed by atoms with Crippen molar-refractivity contribution >= 4 is 0 Å². The number of nitriles is 1. The smallest absolute Gasteiger partial charge is 0.187 e. The Kier molecular flexibility index (Phi) is 4.41. The second kappa shape index (κ2) is 5.37. The Balaban J connectivity index is 2.62. The van der Waals surface area contributed by atoms with Crippen LogP contribution in [0.3, 0.4) is 0 Å². The first-order chi connectivity index (χ1) is 7.11. The molecule has 4 N–H and O–H groups in total. The van der Waals surface area contributed by atoms with Gasteiger partial charge in [0.1, 0.15) is 31.0 Å². The van der Waals surface area contributed by atoms with Gasteiger partial charge in [0.05, 0.1) is 12.7 Å². The molecule has 1 aliphatic rings. The molecule has 5 atom stereocenters. The van der Waals surface area contributed by atoms with E-state index in [0.717, 1.165) is 0 Å². The molecule has 7 nitrogen and oxygen atoms in total. The van der Waals surface area contributed by atoms with Crippen LogP contribution in [0, 0.1) is 11.3 Å². The van der Waals surface area contributed by atoms with Crippen molar-refractivity contribution < 1.29 is 29.9 Å². The summed E-state index contributed by atoms with van der Waals surface area (Å²) in [5.41, 5.74) is 0. The van der Waals surface area contributed by atoms with Crippen LogP contribution < -0.4 is 0 Å². The van der Waals surface area contributed by atoms with Crippen molar-refractivity contribution in [2.45, 2.75) is 30.7 Å². The molecular formula is C8H13NO6. The Morgan fingerprint density at radius 3 is 2.40 bits per heavy atom. The fourth-order valence-electron chi connectivity index (χ4n) is 1.32. The number of nitrogens with zero attached hydrogens (tertiary/aromatic N) is 1. The van der Waals surface area contributed by atoms with Crippen LogP contribution in [-0.4, -0.2) is 64.3 Å². The average Bonchev–Trinajstić information content (AvgIpc) is 2.25. The van der Waals surface area contributed by atoms with Gasteiger partial charge in [-0.05, 0) is 0 Å². The summed E-state index contributed by atoms with van der Waals surface area (Å²) >= 11 is 0. The zero-order chi connectivity index (χ0) is 11.4. The molecule has 1 saturated heterocycles. The average molecular weight is 219 g/mol. The zero-order valence-corrected chi connectivity index (χ0v) is 7.85. The molecule has 0 aromatic carbocycles. The number of hydrogen-bond donors (Lipinski definition) is 4. The summed E-state index contributed by atoms with van der Waals surface area (Å²) in [4.78, 5) is 0. The first-order valence-corrected chi connectivity index (χ1v) is 4.41. The largest absolute Gasteiger partial charge is 0.394 e. The summed E-state index contributed by atoms with van der Waals surface area (Å²) in [5.74, 6) is 0. The third kappa shape index (κ3) is 2.63. The van der Waals surface area contributed by atoms with Gasteiger partial charge in [0.15, 0.2) is 6.29 Å². The Morgan fingerprint density at radius 2 is 1.87 bits per heavy atom. The van der Waals surface area contributed by atoms with Gasteiger partial charge in [0.25, 0.3) is 0 Å². The molecule has 86 valence electrons. The molecule has 0 bridgehead atoms. The quantitative estimate of drug-likeness (QED) is 0.408. The first kappa shape index (κ1) is 12.3. The topological polar surface area (TPSA) is 123 Å². The van der Waals surface area contributed by atoms with Gasteiger partial charge in [0, 0.05) is 0 Å². The molecule has 1 fully saturated rings. The lowest BCUT2D eigenvalue weighted by atomic mass is 9.99. The molecule has 0 aromatic heterocycles.